The lowest BCUT2D eigenvalue weighted by Gasteiger charge is -2.22. The van der Waals surface area contributed by atoms with Crippen LogP contribution in [0.3, 0.4) is 0 Å². The Labute approximate surface area is 78.8 Å². The summed E-state index contributed by atoms with van der Waals surface area (Å²) in [7, 11) is -3.17. The Morgan fingerprint density at radius 3 is 2.57 bits per heavy atom. The zero-order valence-corrected chi connectivity index (χ0v) is 8.10. The maximum Gasteiger partial charge on any atom is 0.403 e. The molecule has 0 saturated carbocycles. The van der Waals surface area contributed by atoms with E-state index in [-0.39, 0.29) is 6.61 Å². The maximum atomic E-state index is 11.2. The Balaban J connectivity index is 1.88. The molecule has 0 aromatic carbocycles. The van der Waals surface area contributed by atoms with Gasteiger partial charge in [0.15, 0.2) is 5.90 Å². The first-order valence-electron chi connectivity index (χ1n) is 4.05. The highest BCUT2D eigenvalue weighted by Crippen LogP contribution is 2.99. The van der Waals surface area contributed by atoms with Crippen molar-refractivity contribution in [2.24, 2.45) is 4.99 Å². The summed E-state index contributed by atoms with van der Waals surface area (Å²) in [5.41, 5.74) is -1.72. The van der Waals surface area contributed by atoms with E-state index in [9.17, 15) is 14.8 Å². The van der Waals surface area contributed by atoms with E-state index in [2.05, 4.69) is 14.0 Å². The van der Waals surface area contributed by atoms with Crippen LogP contribution < -0.4 is 0 Å². The number of rotatable bonds is 2. The molecule has 78 valence electrons. The number of hydrogen-bond donors (Lipinski definition) is 2. The minimum atomic E-state index is -3.17. The predicted octanol–water partition coefficient (Wildman–Crippen LogP) is -0.608. The fourth-order valence-corrected chi connectivity index (χ4v) is 3.34. The predicted molar refractivity (Wildman–Crippen MR) is 42.5 cm³/mol. The molecule has 2 fully saturated rings. The molecule has 0 amide bonds. The van der Waals surface area contributed by atoms with Crippen molar-refractivity contribution in [1.29, 1.82) is 0 Å². The molecular weight excluding hydrogens is 213 g/mol. The highest BCUT2D eigenvalue weighted by molar-refractivity contribution is 7.68. The van der Waals surface area contributed by atoms with Gasteiger partial charge in [-0.05, 0) is 0 Å². The van der Waals surface area contributed by atoms with Crippen molar-refractivity contribution in [1.82, 2.24) is 0 Å². The van der Waals surface area contributed by atoms with Crippen LogP contribution in [0.4, 0.5) is 0 Å². The zero-order chi connectivity index (χ0) is 10.2. The second kappa shape index (κ2) is 2.05. The van der Waals surface area contributed by atoms with Gasteiger partial charge in [-0.3, -0.25) is 13.6 Å². The van der Waals surface area contributed by atoms with Crippen LogP contribution >= 0.6 is 7.60 Å². The van der Waals surface area contributed by atoms with Gasteiger partial charge in [-0.1, -0.05) is 0 Å². The third-order valence-corrected chi connectivity index (χ3v) is 4.40. The molecule has 0 aromatic heterocycles. The third kappa shape index (κ3) is 0.780. The number of fused-ring (bicyclic) bond motifs is 1. The van der Waals surface area contributed by atoms with Crippen molar-refractivity contribution in [3.63, 3.8) is 0 Å². The van der Waals surface area contributed by atoms with Crippen LogP contribution in [0.1, 0.15) is 6.92 Å². The van der Waals surface area contributed by atoms with Crippen LogP contribution in [0.15, 0.2) is 4.99 Å². The largest absolute Gasteiger partial charge is 0.479 e. The van der Waals surface area contributed by atoms with E-state index >= 15 is 0 Å². The maximum absolute atomic E-state index is 11.2. The van der Waals surface area contributed by atoms with Gasteiger partial charge in [0.05, 0.1) is 0 Å². The summed E-state index contributed by atoms with van der Waals surface area (Å²) in [5, 5.41) is 19.4. The fourth-order valence-electron chi connectivity index (χ4n) is 1.54. The standard InChI is InChI=1S/C6H8NO6P/c1-3-7-4(2-11-3)5(8,9)6-12-14(6,10)13-6/h4,8-9H,2H2,1H3. The van der Waals surface area contributed by atoms with Crippen LogP contribution in [-0.4, -0.2) is 40.1 Å². The van der Waals surface area contributed by atoms with Crippen LogP contribution in [0.2, 0.25) is 0 Å². The SMILES string of the molecule is CC1=NC(C(O)(O)C23OP2(=O)O3)CO1. The topological polar surface area (TPSA) is 104 Å². The van der Waals surface area contributed by atoms with Gasteiger partial charge in [-0.2, -0.15) is 0 Å². The number of aliphatic imine (C=N–C) groups is 1. The quantitative estimate of drug-likeness (QED) is 0.366. The van der Waals surface area contributed by atoms with Crippen molar-refractivity contribution < 1.29 is 28.6 Å². The molecule has 14 heavy (non-hydrogen) atoms. The molecule has 1 unspecified atom stereocenters. The van der Waals surface area contributed by atoms with Crippen molar-refractivity contribution in [3.05, 3.63) is 0 Å². The molecule has 2 saturated heterocycles. The molecular formula is C6H8NO6P. The van der Waals surface area contributed by atoms with Crippen LogP contribution in [0.5, 0.6) is 0 Å². The summed E-state index contributed by atoms with van der Waals surface area (Å²) in [6, 6.07) is -0.916. The lowest BCUT2D eigenvalue weighted by Crippen LogP contribution is -2.50. The molecule has 7 nitrogen and oxygen atoms in total. The summed E-state index contributed by atoms with van der Waals surface area (Å²) in [4.78, 5) is 3.84. The van der Waals surface area contributed by atoms with Crippen molar-refractivity contribution in [2.75, 3.05) is 6.61 Å². The van der Waals surface area contributed by atoms with Gasteiger partial charge in [0, 0.05) is 6.92 Å². The second-order valence-electron chi connectivity index (χ2n) is 3.46. The smallest absolute Gasteiger partial charge is 0.403 e. The van der Waals surface area contributed by atoms with E-state index in [1.807, 2.05) is 0 Å². The Morgan fingerprint density at radius 1 is 1.64 bits per heavy atom. The molecule has 3 aliphatic rings. The summed E-state index contributed by atoms with van der Waals surface area (Å²) in [6.07, 6.45) is 0. The van der Waals surface area contributed by atoms with E-state index < -0.39 is 25.0 Å². The first-order valence-corrected chi connectivity index (χ1v) is 5.59. The molecule has 0 aromatic rings. The number of hydrogen-bond acceptors (Lipinski definition) is 7. The van der Waals surface area contributed by atoms with E-state index in [0.29, 0.717) is 5.90 Å². The van der Waals surface area contributed by atoms with E-state index in [1.54, 1.807) is 6.92 Å². The first-order chi connectivity index (χ1) is 6.41. The van der Waals surface area contributed by atoms with Gasteiger partial charge in [-0.25, -0.2) is 4.99 Å². The second-order valence-corrected chi connectivity index (χ2v) is 5.41. The third-order valence-electron chi connectivity index (χ3n) is 2.50. The molecule has 3 aliphatic heterocycles. The van der Waals surface area contributed by atoms with E-state index in [4.69, 9.17) is 4.74 Å². The lowest BCUT2D eigenvalue weighted by atomic mass is 10.1. The minimum absolute atomic E-state index is 0.0211. The highest BCUT2D eigenvalue weighted by atomic mass is 31.2. The average Bonchev–Trinajstić information content (AvgIpc) is 2.70. The Morgan fingerprint density at radius 2 is 2.21 bits per heavy atom. The minimum Gasteiger partial charge on any atom is -0.479 e. The number of ether oxygens (including phenoxy) is 1. The van der Waals surface area contributed by atoms with Crippen LogP contribution in [-0.2, 0) is 18.3 Å². The lowest BCUT2D eigenvalue weighted by molar-refractivity contribution is -0.259. The summed E-state index contributed by atoms with van der Waals surface area (Å²) in [6.45, 7) is 1.61. The van der Waals surface area contributed by atoms with Gasteiger partial charge in [0.25, 0.3) is 5.79 Å². The van der Waals surface area contributed by atoms with Gasteiger partial charge >= 0.3 is 13.1 Å². The van der Waals surface area contributed by atoms with Crippen LogP contribution in [0, 0.1) is 0 Å². The summed E-state index contributed by atoms with van der Waals surface area (Å²) < 4.78 is 25.3. The average molecular weight is 221 g/mol. The molecule has 0 radical (unpaired) electrons. The van der Waals surface area contributed by atoms with Crippen molar-refractivity contribution in [2.45, 2.75) is 24.3 Å². The van der Waals surface area contributed by atoms with Gasteiger partial charge < -0.3 is 14.9 Å². The van der Waals surface area contributed by atoms with E-state index in [0.717, 1.165) is 0 Å². The summed E-state index contributed by atoms with van der Waals surface area (Å²) >= 11 is 0. The molecule has 2 N–H and O–H groups in total. The molecule has 0 bridgehead atoms. The summed E-state index contributed by atoms with van der Waals surface area (Å²) in [5.74, 6) is -2.02. The van der Waals surface area contributed by atoms with Gasteiger partial charge in [0.2, 0.25) is 0 Å². The van der Waals surface area contributed by atoms with E-state index in [1.165, 1.54) is 0 Å². The Bertz CT molecular complexity index is 380. The number of aliphatic hydroxyl groups is 2. The van der Waals surface area contributed by atoms with Gasteiger partial charge in [0.1, 0.15) is 12.6 Å². The first kappa shape index (κ1) is 8.82. The van der Waals surface area contributed by atoms with Crippen LogP contribution in [0.25, 0.3) is 0 Å². The molecule has 3 heterocycles. The van der Waals surface area contributed by atoms with Crippen molar-refractivity contribution >= 4 is 13.5 Å². The highest BCUT2D eigenvalue weighted by Gasteiger charge is 3.00. The van der Waals surface area contributed by atoms with Crippen molar-refractivity contribution in [3.8, 4) is 0 Å². The number of nitrogens with zero attached hydrogens (tertiary/aromatic N) is 1. The Kier molecular flexibility index (Phi) is 1.29. The molecule has 8 heteroatoms. The van der Waals surface area contributed by atoms with Gasteiger partial charge in [-0.15, -0.1) is 0 Å². The zero-order valence-electron chi connectivity index (χ0n) is 7.21. The molecule has 0 spiro atoms. The molecule has 1 atom stereocenters. The fraction of sp³-hybridized carbons (Fsp3) is 0.833. The molecule has 0 aliphatic carbocycles. The molecule has 3 rings (SSSR count). The normalized spacial score (nSPS) is 49.4. The Hall–Kier alpha value is -0.460. The monoisotopic (exact) mass is 221 g/mol.